The van der Waals surface area contributed by atoms with Gasteiger partial charge in [-0.25, -0.2) is 4.79 Å². The van der Waals surface area contributed by atoms with E-state index in [4.69, 9.17) is 77.4 Å². The maximum Gasteiger partial charge on any atom is 0.338 e. The van der Waals surface area contributed by atoms with Gasteiger partial charge in [-0.15, -0.1) is 23.2 Å². The van der Waals surface area contributed by atoms with E-state index < -0.39 is 23.4 Å². The Balaban J connectivity index is 0.000000204. The van der Waals surface area contributed by atoms with Gasteiger partial charge in [0.15, 0.2) is 34.5 Å². The average molecular weight is 1060 g/mol. The fourth-order valence-electron chi connectivity index (χ4n) is 8.76. The number of rotatable bonds is 13. The lowest BCUT2D eigenvalue weighted by atomic mass is 9.96. The van der Waals surface area contributed by atoms with Crippen LogP contribution in [0.1, 0.15) is 79.1 Å². The number of carbonyl (C=O) groups excluding carboxylic acids is 2. The highest BCUT2D eigenvalue weighted by molar-refractivity contribution is 6.67. The van der Waals surface area contributed by atoms with Gasteiger partial charge in [0.05, 0.1) is 68.5 Å². The van der Waals surface area contributed by atoms with Gasteiger partial charge in [-0.1, -0.05) is 36.4 Å². The number of fused-ring (bicyclic) bond motifs is 6. The minimum absolute atomic E-state index is 0.170. The van der Waals surface area contributed by atoms with Crippen LogP contribution >= 0.6 is 34.8 Å². The lowest BCUT2D eigenvalue weighted by molar-refractivity contribution is 0.0280. The van der Waals surface area contributed by atoms with Gasteiger partial charge in [-0.3, -0.25) is 14.4 Å². The molecule has 6 aromatic rings. The molecule has 384 valence electrons. The standard InChI is InChI=1S/C28H27ClO7.C20H22O6.C8H6Cl2O/c1-32-23-11-9-19-20(14-21(23)30)22(36-28(31)18-7-5-6-16(12-18)15-29)10-8-17-13-24(33-2)26(34-3)27(35-4)25(17)19;1-23-16-8-6-12-13(10-15(16)22)14(21)7-5-11-9-17(24-2)19(25-3)20(26-4)18(11)12;9-5-6-2-1-3-7(4-6)8(10)11/h5-7,9,11-14,22H,8,10,15H2,1-4H3;6,8-10,14,21H,5,7H2,1-4H3;1-4H,5H2/t22-;14-;/m00./s1. The molecule has 0 saturated carbocycles. The first-order valence-electron chi connectivity index (χ1n) is 22.7. The van der Waals surface area contributed by atoms with Gasteiger partial charge >= 0.3 is 5.97 Å². The maximum atomic E-state index is 13.2. The van der Waals surface area contributed by atoms with Crippen LogP contribution in [-0.4, -0.2) is 73.2 Å². The number of carbonyl (C=O) groups is 2. The third-order valence-electron chi connectivity index (χ3n) is 12.2. The van der Waals surface area contributed by atoms with Crippen molar-refractivity contribution in [3.8, 4) is 68.2 Å². The Bertz CT molecular complexity index is 3110. The zero-order chi connectivity index (χ0) is 52.9. The molecule has 0 aliphatic heterocycles. The number of halogens is 3. The smallest absolute Gasteiger partial charge is 0.338 e. The van der Waals surface area contributed by atoms with Gasteiger partial charge in [0.2, 0.25) is 22.4 Å². The first-order valence-corrected chi connectivity index (χ1v) is 24.2. The summed E-state index contributed by atoms with van der Waals surface area (Å²) in [6.45, 7) is 0. The van der Waals surface area contributed by atoms with Gasteiger partial charge in [-0.2, -0.15) is 0 Å². The molecule has 0 unspecified atom stereocenters. The molecule has 0 heterocycles. The normalized spacial score (nSPS) is 13.9. The summed E-state index contributed by atoms with van der Waals surface area (Å²) in [7, 11) is 12.2. The molecular formula is C56H55Cl3O14. The summed E-state index contributed by atoms with van der Waals surface area (Å²) in [4.78, 5) is 49.1. The van der Waals surface area contributed by atoms with Crippen molar-refractivity contribution in [2.75, 3.05) is 56.9 Å². The maximum absolute atomic E-state index is 13.2. The number of hydrogen-bond acceptors (Lipinski definition) is 14. The number of aliphatic hydroxyl groups is 1. The quantitative estimate of drug-likeness (QED) is 0.0658. The van der Waals surface area contributed by atoms with E-state index in [1.54, 1.807) is 96.2 Å². The molecule has 2 atom stereocenters. The summed E-state index contributed by atoms with van der Waals surface area (Å²) in [6.07, 6.45) is 0.581. The van der Waals surface area contributed by atoms with Gasteiger partial charge in [0.25, 0.3) is 5.24 Å². The number of hydrogen-bond donors (Lipinski definition) is 1. The van der Waals surface area contributed by atoms with Crippen LogP contribution in [0.25, 0.3) is 22.3 Å². The zero-order valence-electron chi connectivity index (χ0n) is 41.5. The fraction of sp³-hybridized carbons (Fsp3) is 0.286. The molecule has 6 aromatic carbocycles. The Morgan fingerprint density at radius 1 is 0.521 bits per heavy atom. The predicted octanol–water partition coefficient (Wildman–Crippen LogP) is 10.9. The molecule has 0 amide bonds. The van der Waals surface area contributed by atoms with E-state index in [9.17, 15) is 24.3 Å². The molecule has 2 aliphatic carbocycles. The van der Waals surface area contributed by atoms with E-state index >= 15 is 0 Å². The predicted molar refractivity (Wildman–Crippen MR) is 281 cm³/mol. The van der Waals surface area contributed by atoms with Crippen molar-refractivity contribution in [3.05, 3.63) is 162 Å². The van der Waals surface area contributed by atoms with Crippen LogP contribution in [0.3, 0.4) is 0 Å². The molecule has 0 bridgehead atoms. The zero-order valence-corrected chi connectivity index (χ0v) is 43.8. The highest BCUT2D eigenvalue weighted by Crippen LogP contribution is 2.52. The summed E-state index contributed by atoms with van der Waals surface area (Å²) >= 11 is 16.7. The number of esters is 1. The summed E-state index contributed by atoms with van der Waals surface area (Å²) in [5.74, 6) is 3.51. The Morgan fingerprint density at radius 3 is 1.41 bits per heavy atom. The first-order chi connectivity index (χ1) is 35.2. The molecule has 0 radical (unpaired) electrons. The monoisotopic (exact) mass is 1060 g/mol. The van der Waals surface area contributed by atoms with Crippen LogP contribution in [0.15, 0.2) is 107 Å². The summed E-state index contributed by atoms with van der Waals surface area (Å²) in [5.41, 5.74) is 7.85. The number of alkyl halides is 2. The molecule has 8 rings (SSSR count). The van der Waals surface area contributed by atoms with Crippen molar-refractivity contribution >= 4 is 46.0 Å². The molecule has 17 heteroatoms. The number of aliphatic hydroxyl groups excluding tert-OH is 1. The SMILES string of the molecule is COc1cc2c(c(OC)c1OC)-c1ccc(OC)c(=O)cc1[C@@H](O)CC2.COc1cc2c(c(OC)c1OC)-c1ccc(OC)c(=O)cc1[C@@H](OC(=O)c1cccc(CCl)c1)CC2.O=C(Cl)c1cccc(CCl)c1. The first kappa shape index (κ1) is 55.3. The van der Waals surface area contributed by atoms with Crippen LogP contribution in [0, 0.1) is 0 Å². The highest BCUT2D eigenvalue weighted by Gasteiger charge is 2.32. The summed E-state index contributed by atoms with van der Waals surface area (Å²) < 4.78 is 50.0. The van der Waals surface area contributed by atoms with Crippen LogP contribution in [-0.2, 0) is 29.3 Å². The molecule has 73 heavy (non-hydrogen) atoms. The largest absolute Gasteiger partial charge is 0.493 e. The number of ether oxygens (including phenoxy) is 9. The Morgan fingerprint density at radius 2 is 0.959 bits per heavy atom. The second-order valence-electron chi connectivity index (χ2n) is 16.3. The molecule has 2 aliphatic rings. The Hall–Kier alpha value is -6.97. The lowest BCUT2D eigenvalue weighted by Crippen LogP contribution is -2.13. The van der Waals surface area contributed by atoms with E-state index in [2.05, 4.69) is 0 Å². The molecule has 0 saturated heterocycles. The second kappa shape index (κ2) is 25.6. The minimum atomic E-state index is -0.774. The number of benzene rings is 4. The average Bonchev–Trinajstić information content (AvgIpc) is 3.81. The van der Waals surface area contributed by atoms with Crippen LogP contribution in [0.2, 0.25) is 0 Å². The van der Waals surface area contributed by atoms with Crippen LogP contribution < -0.4 is 48.8 Å². The molecule has 14 nitrogen and oxygen atoms in total. The van der Waals surface area contributed by atoms with Gasteiger partial charge in [-0.05, 0) is 137 Å². The highest BCUT2D eigenvalue weighted by atomic mass is 35.5. The van der Waals surface area contributed by atoms with Crippen molar-refractivity contribution in [3.63, 3.8) is 0 Å². The van der Waals surface area contributed by atoms with E-state index in [0.29, 0.717) is 99.4 Å². The van der Waals surface area contributed by atoms with Crippen molar-refractivity contribution in [1.82, 2.24) is 0 Å². The Kier molecular flexibility index (Phi) is 19.4. The molecule has 0 aromatic heterocycles. The van der Waals surface area contributed by atoms with Crippen LogP contribution in [0.4, 0.5) is 0 Å². The molecule has 0 spiro atoms. The van der Waals surface area contributed by atoms with E-state index in [0.717, 1.165) is 33.4 Å². The number of aryl methyl sites for hydroxylation is 2. The van der Waals surface area contributed by atoms with Crippen molar-refractivity contribution < 1.29 is 57.3 Å². The Labute approximate surface area is 438 Å². The van der Waals surface area contributed by atoms with E-state index in [1.807, 2.05) is 24.3 Å². The van der Waals surface area contributed by atoms with Crippen LogP contribution in [0.5, 0.6) is 46.0 Å². The molecule has 1 N–H and O–H groups in total. The summed E-state index contributed by atoms with van der Waals surface area (Å²) in [5, 5.41) is 10.2. The molecule has 0 fully saturated rings. The fourth-order valence-corrected chi connectivity index (χ4v) is 9.21. The van der Waals surface area contributed by atoms with Crippen molar-refractivity contribution in [2.24, 2.45) is 0 Å². The summed E-state index contributed by atoms with van der Waals surface area (Å²) in [6, 6.07) is 27.4. The number of methoxy groups -OCH3 is 8. The van der Waals surface area contributed by atoms with Gasteiger partial charge in [0, 0.05) is 34.0 Å². The van der Waals surface area contributed by atoms with Gasteiger partial charge < -0.3 is 47.7 Å². The van der Waals surface area contributed by atoms with Gasteiger partial charge in [0.1, 0.15) is 6.10 Å². The lowest BCUT2D eigenvalue weighted by Gasteiger charge is -2.19. The third-order valence-corrected chi connectivity index (χ3v) is 13.1. The van der Waals surface area contributed by atoms with Crippen molar-refractivity contribution in [1.29, 1.82) is 0 Å². The second-order valence-corrected chi connectivity index (χ2v) is 17.2. The molecular weight excluding hydrogens is 1000 g/mol. The van der Waals surface area contributed by atoms with E-state index in [1.165, 1.54) is 33.5 Å². The third kappa shape index (κ3) is 12.3. The minimum Gasteiger partial charge on any atom is -0.493 e. The van der Waals surface area contributed by atoms with E-state index in [-0.39, 0.29) is 28.2 Å². The van der Waals surface area contributed by atoms with Crippen molar-refractivity contribution in [2.45, 2.75) is 49.7 Å². The topological polar surface area (TPSA) is 172 Å².